The molecule has 1 aromatic rings. The Balaban J connectivity index is 2.15. The zero-order chi connectivity index (χ0) is 14.0. The minimum absolute atomic E-state index is 0.0319. The molecule has 1 fully saturated rings. The number of hydrogen-bond acceptors (Lipinski definition) is 4. The highest BCUT2D eigenvalue weighted by molar-refractivity contribution is 9.10. The number of rotatable bonds is 4. The molecule has 1 aromatic carbocycles. The van der Waals surface area contributed by atoms with E-state index in [1.807, 2.05) is 0 Å². The predicted molar refractivity (Wildman–Crippen MR) is 75.5 cm³/mol. The number of hydrogen-bond donors (Lipinski definition) is 2. The standard InChI is InChI=1S/C12H16BrFN2O2S/c13-10-3-1-2-9(12(10)14)11(16-15)6-8-4-5-19(17,18)7-8/h1-3,8,11,16H,4-7,15H2. The van der Waals surface area contributed by atoms with Gasteiger partial charge in [0.2, 0.25) is 0 Å². The van der Waals surface area contributed by atoms with Crippen molar-refractivity contribution in [2.24, 2.45) is 11.8 Å². The second kappa shape index (κ2) is 5.87. The van der Waals surface area contributed by atoms with Crippen molar-refractivity contribution in [1.82, 2.24) is 5.43 Å². The fourth-order valence-corrected chi connectivity index (χ4v) is 4.73. The quantitative estimate of drug-likeness (QED) is 0.642. The molecule has 0 bridgehead atoms. The average Bonchev–Trinajstić information content (AvgIpc) is 2.70. The minimum Gasteiger partial charge on any atom is -0.271 e. The van der Waals surface area contributed by atoms with Crippen molar-refractivity contribution in [2.45, 2.75) is 18.9 Å². The van der Waals surface area contributed by atoms with E-state index in [9.17, 15) is 12.8 Å². The highest BCUT2D eigenvalue weighted by Crippen LogP contribution is 2.31. The Hall–Kier alpha value is -0.500. The van der Waals surface area contributed by atoms with Crippen LogP contribution >= 0.6 is 15.9 Å². The molecule has 7 heteroatoms. The number of nitrogens with one attached hydrogen (secondary N) is 1. The van der Waals surface area contributed by atoms with Gasteiger partial charge in [-0.1, -0.05) is 12.1 Å². The van der Waals surface area contributed by atoms with Crippen LogP contribution in [0.25, 0.3) is 0 Å². The molecule has 1 saturated heterocycles. The highest BCUT2D eigenvalue weighted by Gasteiger charge is 2.30. The molecule has 1 heterocycles. The molecule has 0 saturated carbocycles. The van der Waals surface area contributed by atoms with Crippen LogP contribution < -0.4 is 11.3 Å². The lowest BCUT2D eigenvalue weighted by atomic mass is 9.94. The first-order valence-electron chi connectivity index (χ1n) is 6.03. The summed E-state index contributed by atoms with van der Waals surface area (Å²) >= 11 is 3.13. The van der Waals surface area contributed by atoms with Crippen molar-refractivity contribution < 1.29 is 12.8 Å². The number of sulfone groups is 1. The summed E-state index contributed by atoms with van der Waals surface area (Å²) in [6.45, 7) is 0. The minimum atomic E-state index is -2.92. The third kappa shape index (κ3) is 3.53. The summed E-state index contributed by atoms with van der Waals surface area (Å²) in [6.07, 6.45) is 1.14. The Morgan fingerprint density at radius 3 is 2.84 bits per heavy atom. The Morgan fingerprint density at radius 1 is 1.53 bits per heavy atom. The second-order valence-corrected chi connectivity index (χ2v) is 7.95. The molecule has 0 aliphatic carbocycles. The van der Waals surface area contributed by atoms with Crippen molar-refractivity contribution in [1.29, 1.82) is 0 Å². The number of hydrazine groups is 1. The first-order valence-corrected chi connectivity index (χ1v) is 8.65. The van der Waals surface area contributed by atoms with Gasteiger partial charge in [0.25, 0.3) is 0 Å². The van der Waals surface area contributed by atoms with Gasteiger partial charge in [0.1, 0.15) is 5.82 Å². The smallest absolute Gasteiger partial charge is 0.150 e. The third-order valence-corrected chi connectivity index (χ3v) is 5.90. The Bertz CT molecular complexity index is 565. The summed E-state index contributed by atoms with van der Waals surface area (Å²) in [5.74, 6) is 5.55. The van der Waals surface area contributed by atoms with Gasteiger partial charge in [0.15, 0.2) is 9.84 Å². The molecule has 2 unspecified atom stereocenters. The van der Waals surface area contributed by atoms with Crippen LogP contribution in [0.4, 0.5) is 4.39 Å². The van der Waals surface area contributed by atoms with E-state index in [4.69, 9.17) is 5.84 Å². The molecule has 2 rings (SSSR count). The third-order valence-electron chi connectivity index (χ3n) is 3.45. The molecule has 0 amide bonds. The fourth-order valence-electron chi connectivity index (χ4n) is 2.47. The van der Waals surface area contributed by atoms with Gasteiger partial charge in [0.05, 0.1) is 16.0 Å². The summed E-state index contributed by atoms with van der Waals surface area (Å²) in [7, 11) is -2.92. The van der Waals surface area contributed by atoms with Crippen molar-refractivity contribution in [3.8, 4) is 0 Å². The van der Waals surface area contributed by atoms with E-state index < -0.39 is 9.84 Å². The van der Waals surface area contributed by atoms with E-state index in [2.05, 4.69) is 21.4 Å². The molecule has 3 N–H and O–H groups in total. The molecular weight excluding hydrogens is 335 g/mol. The van der Waals surface area contributed by atoms with Gasteiger partial charge in [0, 0.05) is 11.6 Å². The normalized spacial score (nSPS) is 23.4. The van der Waals surface area contributed by atoms with E-state index in [1.54, 1.807) is 18.2 Å². The van der Waals surface area contributed by atoms with E-state index in [0.29, 0.717) is 22.9 Å². The topological polar surface area (TPSA) is 72.2 Å². The second-order valence-electron chi connectivity index (χ2n) is 4.87. The summed E-state index contributed by atoms with van der Waals surface area (Å²) in [6, 6.07) is 4.63. The molecule has 0 aromatic heterocycles. The Morgan fingerprint density at radius 2 is 2.26 bits per heavy atom. The van der Waals surface area contributed by atoms with E-state index in [0.717, 1.165) is 0 Å². The van der Waals surface area contributed by atoms with Crippen molar-refractivity contribution in [3.05, 3.63) is 34.1 Å². The Labute approximate surface area is 120 Å². The zero-order valence-electron chi connectivity index (χ0n) is 10.3. The molecule has 1 aliphatic rings. The van der Waals surface area contributed by atoms with Gasteiger partial charge in [-0.05, 0) is 40.8 Å². The first-order chi connectivity index (χ1) is 8.93. The molecule has 106 valence electrons. The number of benzene rings is 1. The van der Waals surface area contributed by atoms with Crippen molar-refractivity contribution >= 4 is 25.8 Å². The Kier molecular flexibility index (Phi) is 4.60. The summed E-state index contributed by atoms with van der Waals surface area (Å²) in [5, 5.41) is 0. The molecule has 0 radical (unpaired) electrons. The zero-order valence-corrected chi connectivity index (χ0v) is 12.7. The maximum Gasteiger partial charge on any atom is 0.150 e. The lowest BCUT2D eigenvalue weighted by Crippen LogP contribution is -2.30. The highest BCUT2D eigenvalue weighted by atomic mass is 79.9. The van der Waals surface area contributed by atoms with Crippen LogP contribution in [-0.4, -0.2) is 19.9 Å². The van der Waals surface area contributed by atoms with Gasteiger partial charge in [-0.25, -0.2) is 12.8 Å². The van der Waals surface area contributed by atoms with Crippen LogP contribution in [0.15, 0.2) is 22.7 Å². The molecule has 1 aliphatic heterocycles. The van der Waals surface area contributed by atoms with Crippen molar-refractivity contribution in [2.75, 3.05) is 11.5 Å². The van der Waals surface area contributed by atoms with Gasteiger partial charge in [-0.2, -0.15) is 0 Å². The van der Waals surface area contributed by atoms with Crippen LogP contribution in [0, 0.1) is 11.7 Å². The van der Waals surface area contributed by atoms with Crippen LogP contribution in [0.2, 0.25) is 0 Å². The van der Waals surface area contributed by atoms with Gasteiger partial charge < -0.3 is 0 Å². The largest absolute Gasteiger partial charge is 0.271 e. The number of nitrogens with two attached hydrogens (primary N) is 1. The maximum atomic E-state index is 14.0. The van der Waals surface area contributed by atoms with E-state index in [1.165, 1.54) is 0 Å². The molecule has 0 spiro atoms. The SMILES string of the molecule is NNC(CC1CCS(=O)(=O)C1)c1cccc(Br)c1F. The van der Waals surface area contributed by atoms with Gasteiger partial charge in [-0.3, -0.25) is 11.3 Å². The van der Waals surface area contributed by atoms with Crippen molar-refractivity contribution in [3.63, 3.8) is 0 Å². The molecule has 19 heavy (non-hydrogen) atoms. The lowest BCUT2D eigenvalue weighted by Gasteiger charge is -2.20. The average molecular weight is 351 g/mol. The maximum absolute atomic E-state index is 14.0. The molecule has 2 atom stereocenters. The monoisotopic (exact) mass is 350 g/mol. The van der Waals surface area contributed by atoms with Crippen LogP contribution in [0.3, 0.4) is 0 Å². The number of halogens is 2. The summed E-state index contributed by atoms with van der Waals surface area (Å²) in [5.41, 5.74) is 3.04. The predicted octanol–water partition coefficient (Wildman–Crippen LogP) is 1.92. The summed E-state index contributed by atoms with van der Waals surface area (Å²) in [4.78, 5) is 0. The fraction of sp³-hybridized carbons (Fsp3) is 0.500. The van der Waals surface area contributed by atoms with E-state index >= 15 is 0 Å². The summed E-state index contributed by atoms with van der Waals surface area (Å²) < 4.78 is 37.3. The van der Waals surface area contributed by atoms with Crippen LogP contribution in [0.5, 0.6) is 0 Å². The van der Waals surface area contributed by atoms with Crippen LogP contribution in [0.1, 0.15) is 24.4 Å². The molecule has 4 nitrogen and oxygen atoms in total. The van der Waals surface area contributed by atoms with E-state index in [-0.39, 0.29) is 29.3 Å². The lowest BCUT2D eigenvalue weighted by molar-refractivity contribution is 0.408. The first kappa shape index (κ1) is 14.9. The van der Waals surface area contributed by atoms with Crippen LogP contribution in [-0.2, 0) is 9.84 Å². The van der Waals surface area contributed by atoms with Gasteiger partial charge in [-0.15, -0.1) is 0 Å². The van der Waals surface area contributed by atoms with Gasteiger partial charge >= 0.3 is 0 Å². The molecular formula is C12H16BrFN2O2S.